The predicted molar refractivity (Wildman–Crippen MR) is 74.2 cm³/mol. The van der Waals surface area contributed by atoms with Gasteiger partial charge >= 0.3 is 5.97 Å². The van der Waals surface area contributed by atoms with Crippen LogP contribution >= 0.6 is 11.3 Å². The maximum atomic E-state index is 11.9. The van der Waals surface area contributed by atoms with E-state index >= 15 is 0 Å². The monoisotopic (exact) mass is 285 g/mol. The fraction of sp³-hybridized carbons (Fsp3) is 0.583. The Labute approximate surface area is 116 Å². The molecule has 1 rings (SSSR count). The lowest BCUT2D eigenvalue weighted by Gasteiger charge is -2.15. The number of hydrogen-bond donors (Lipinski definition) is 3. The maximum absolute atomic E-state index is 11.9. The molecule has 1 aromatic heterocycles. The topological polar surface area (TPSA) is 105 Å². The number of nitrogens with zero attached hydrogens (tertiary/aromatic N) is 1. The molecule has 7 heteroatoms. The third-order valence-electron chi connectivity index (χ3n) is 2.63. The second kappa shape index (κ2) is 6.51. The van der Waals surface area contributed by atoms with E-state index in [0.717, 1.165) is 11.3 Å². The summed E-state index contributed by atoms with van der Waals surface area (Å²) in [6, 6.07) is 0. The lowest BCUT2D eigenvalue weighted by molar-refractivity contribution is -0.142. The van der Waals surface area contributed by atoms with Gasteiger partial charge in [0.1, 0.15) is 4.88 Å². The molecular formula is C12H19N3O3S. The van der Waals surface area contributed by atoms with Gasteiger partial charge in [0.25, 0.3) is 5.91 Å². The molecule has 0 aromatic carbocycles. The zero-order chi connectivity index (χ0) is 14.6. The molecule has 0 saturated heterocycles. The standard InChI is InChI=1S/C12H19N3O3S/c1-6(2)4-8(11(17)18)5-14-10(16)9-7(3)15-12(13)19-9/h6,8H,4-5H2,1-3H3,(H2,13,15)(H,14,16)(H,17,18). The number of aryl methyl sites for hydroxylation is 1. The van der Waals surface area contributed by atoms with Gasteiger partial charge in [0, 0.05) is 6.54 Å². The molecule has 4 N–H and O–H groups in total. The van der Waals surface area contributed by atoms with Gasteiger partial charge in [-0.2, -0.15) is 0 Å². The second-order valence-corrected chi connectivity index (χ2v) is 5.87. The highest BCUT2D eigenvalue weighted by molar-refractivity contribution is 7.17. The van der Waals surface area contributed by atoms with Gasteiger partial charge in [0.2, 0.25) is 0 Å². The highest BCUT2D eigenvalue weighted by Gasteiger charge is 2.21. The molecule has 0 aliphatic rings. The summed E-state index contributed by atoms with van der Waals surface area (Å²) >= 11 is 1.10. The molecule has 106 valence electrons. The Bertz CT molecular complexity index is 471. The van der Waals surface area contributed by atoms with Crippen molar-refractivity contribution in [2.75, 3.05) is 12.3 Å². The molecule has 0 bridgehead atoms. The van der Waals surface area contributed by atoms with E-state index in [1.165, 1.54) is 0 Å². The van der Waals surface area contributed by atoms with Crippen molar-refractivity contribution in [1.82, 2.24) is 10.3 Å². The van der Waals surface area contributed by atoms with Gasteiger partial charge in [0.05, 0.1) is 11.6 Å². The zero-order valence-corrected chi connectivity index (χ0v) is 12.1. The first kappa shape index (κ1) is 15.4. The Kier molecular flexibility index (Phi) is 5.29. The van der Waals surface area contributed by atoms with Crippen LogP contribution in [0, 0.1) is 18.8 Å². The van der Waals surface area contributed by atoms with Crippen molar-refractivity contribution in [3.63, 3.8) is 0 Å². The van der Waals surface area contributed by atoms with Crippen molar-refractivity contribution in [1.29, 1.82) is 0 Å². The minimum atomic E-state index is -0.894. The van der Waals surface area contributed by atoms with Gasteiger partial charge in [-0.05, 0) is 19.3 Å². The minimum absolute atomic E-state index is 0.115. The fourth-order valence-electron chi connectivity index (χ4n) is 1.76. The number of carboxylic acids is 1. The number of nitrogen functional groups attached to an aromatic ring is 1. The first-order valence-electron chi connectivity index (χ1n) is 6.05. The van der Waals surface area contributed by atoms with Crippen LogP contribution in [0.4, 0.5) is 5.13 Å². The average molecular weight is 285 g/mol. The number of thiazole rings is 1. The summed E-state index contributed by atoms with van der Waals surface area (Å²) in [4.78, 5) is 27.4. The normalized spacial score (nSPS) is 12.4. The number of aliphatic carboxylic acids is 1. The Balaban J connectivity index is 2.62. The lowest BCUT2D eigenvalue weighted by Crippen LogP contribution is -2.33. The van der Waals surface area contributed by atoms with Gasteiger partial charge in [0.15, 0.2) is 5.13 Å². The summed E-state index contributed by atoms with van der Waals surface area (Å²) in [6.07, 6.45) is 0.527. The molecule has 0 saturated carbocycles. The van der Waals surface area contributed by atoms with Crippen molar-refractivity contribution in [2.24, 2.45) is 11.8 Å². The Morgan fingerprint density at radius 3 is 2.53 bits per heavy atom. The smallest absolute Gasteiger partial charge is 0.308 e. The molecule has 1 aromatic rings. The van der Waals surface area contributed by atoms with E-state index in [9.17, 15) is 9.59 Å². The third-order valence-corrected chi connectivity index (χ3v) is 3.62. The van der Waals surface area contributed by atoms with Crippen LogP contribution in [0.1, 0.15) is 35.6 Å². The van der Waals surface area contributed by atoms with Crippen molar-refractivity contribution in [3.8, 4) is 0 Å². The number of carbonyl (C=O) groups excluding carboxylic acids is 1. The van der Waals surface area contributed by atoms with E-state index in [-0.39, 0.29) is 18.4 Å². The predicted octanol–water partition coefficient (Wildman–Crippen LogP) is 1.51. The Hall–Kier alpha value is -1.63. The number of rotatable bonds is 6. The number of nitrogens with one attached hydrogen (secondary N) is 1. The van der Waals surface area contributed by atoms with Crippen LogP contribution in [0.15, 0.2) is 0 Å². The molecule has 1 heterocycles. The van der Waals surface area contributed by atoms with E-state index in [2.05, 4.69) is 10.3 Å². The summed E-state index contributed by atoms with van der Waals surface area (Å²) in [6.45, 7) is 5.71. The molecule has 1 unspecified atom stereocenters. The van der Waals surface area contributed by atoms with E-state index in [4.69, 9.17) is 10.8 Å². The van der Waals surface area contributed by atoms with Crippen molar-refractivity contribution in [2.45, 2.75) is 27.2 Å². The molecule has 6 nitrogen and oxygen atoms in total. The van der Waals surface area contributed by atoms with Crippen molar-refractivity contribution < 1.29 is 14.7 Å². The minimum Gasteiger partial charge on any atom is -0.481 e. The first-order chi connectivity index (χ1) is 8.81. The van der Waals surface area contributed by atoms with Gasteiger partial charge in [-0.3, -0.25) is 9.59 Å². The molecule has 1 atom stereocenters. The van der Waals surface area contributed by atoms with E-state index < -0.39 is 11.9 Å². The largest absolute Gasteiger partial charge is 0.481 e. The highest BCUT2D eigenvalue weighted by Crippen LogP contribution is 2.19. The number of anilines is 1. The maximum Gasteiger partial charge on any atom is 0.308 e. The Morgan fingerprint density at radius 1 is 1.47 bits per heavy atom. The molecule has 0 radical (unpaired) electrons. The highest BCUT2D eigenvalue weighted by atomic mass is 32.1. The van der Waals surface area contributed by atoms with E-state index in [1.807, 2.05) is 13.8 Å². The SMILES string of the molecule is Cc1nc(N)sc1C(=O)NCC(CC(C)C)C(=O)O. The van der Waals surface area contributed by atoms with Crippen LogP contribution in [0.25, 0.3) is 0 Å². The van der Waals surface area contributed by atoms with Crippen LogP contribution < -0.4 is 11.1 Å². The number of amides is 1. The van der Waals surface area contributed by atoms with Crippen LogP contribution in [-0.4, -0.2) is 28.5 Å². The van der Waals surface area contributed by atoms with Crippen LogP contribution in [0.2, 0.25) is 0 Å². The molecule has 1 amide bonds. The molecule has 0 aliphatic carbocycles. The summed E-state index contributed by atoms with van der Waals surface area (Å²) in [5.41, 5.74) is 6.09. The number of carbonyl (C=O) groups is 2. The Morgan fingerprint density at radius 2 is 2.11 bits per heavy atom. The number of hydrogen-bond acceptors (Lipinski definition) is 5. The van der Waals surface area contributed by atoms with E-state index in [1.54, 1.807) is 6.92 Å². The quantitative estimate of drug-likeness (QED) is 0.734. The van der Waals surface area contributed by atoms with Crippen LogP contribution in [0.3, 0.4) is 0 Å². The summed E-state index contributed by atoms with van der Waals surface area (Å²) < 4.78 is 0. The molecular weight excluding hydrogens is 266 g/mol. The second-order valence-electron chi connectivity index (χ2n) is 4.84. The molecule has 0 fully saturated rings. The lowest BCUT2D eigenvalue weighted by atomic mass is 9.97. The molecule has 19 heavy (non-hydrogen) atoms. The fourth-order valence-corrected chi connectivity index (χ4v) is 2.51. The van der Waals surface area contributed by atoms with Crippen molar-refractivity contribution in [3.05, 3.63) is 10.6 Å². The van der Waals surface area contributed by atoms with Gasteiger partial charge < -0.3 is 16.2 Å². The number of nitrogens with two attached hydrogens (primary N) is 1. The van der Waals surface area contributed by atoms with Gasteiger partial charge in [-0.1, -0.05) is 25.2 Å². The zero-order valence-electron chi connectivity index (χ0n) is 11.3. The number of carboxylic acid groups (broad SMARTS) is 1. The average Bonchev–Trinajstić information content (AvgIpc) is 2.62. The molecule has 0 spiro atoms. The van der Waals surface area contributed by atoms with E-state index in [0.29, 0.717) is 22.1 Å². The summed E-state index contributed by atoms with van der Waals surface area (Å²) in [5.74, 6) is -1.52. The number of aromatic nitrogens is 1. The third kappa shape index (κ3) is 4.51. The van der Waals surface area contributed by atoms with Crippen LogP contribution in [-0.2, 0) is 4.79 Å². The summed E-state index contributed by atoms with van der Waals surface area (Å²) in [7, 11) is 0. The van der Waals surface area contributed by atoms with Crippen molar-refractivity contribution >= 4 is 28.3 Å². The van der Waals surface area contributed by atoms with Gasteiger partial charge in [-0.25, -0.2) is 4.98 Å². The summed E-state index contributed by atoms with van der Waals surface area (Å²) in [5, 5.41) is 12.1. The molecule has 0 aliphatic heterocycles. The van der Waals surface area contributed by atoms with Gasteiger partial charge in [-0.15, -0.1) is 0 Å². The van der Waals surface area contributed by atoms with Crippen LogP contribution in [0.5, 0.6) is 0 Å². The first-order valence-corrected chi connectivity index (χ1v) is 6.86.